The van der Waals surface area contributed by atoms with E-state index >= 15 is 0 Å². The number of rotatable bonds is 8. The number of thioether (sulfide) groups is 1. The molecule has 0 bridgehead atoms. The fourth-order valence-corrected chi connectivity index (χ4v) is 3.77. The average molecular weight is 413 g/mol. The number of hydrogen-bond donors (Lipinski definition) is 1. The van der Waals surface area contributed by atoms with Crippen LogP contribution in [-0.4, -0.2) is 27.8 Å². The molecule has 0 saturated carbocycles. The first-order valence-corrected chi connectivity index (χ1v) is 10.1. The van der Waals surface area contributed by atoms with Gasteiger partial charge >= 0.3 is 0 Å². The van der Waals surface area contributed by atoms with Gasteiger partial charge in [-0.3, -0.25) is 4.79 Å². The van der Waals surface area contributed by atoms with Crippen molar-refractivity contribution in [2.45, 2.75) is 38.3 Å². The maximum absolute atomic E-state index is 11.7. The molecule has 0 amide bonds. The van der Waals surface area contributed by atoms with E-state index in [2.05, 4.69) is 10.2 Å². The van der Waals surface area contributed by atoms with E-state index in [4.69, 9.17) is 15.3 Å². The highest BCUT2D eigenvalue weighted by atomic mass is 32.2. The number of methoxy groups -OCH3 is 1. The number of ketones is 1. The van der Waals surface area contributed by atoms with Gasteiger partial charge in [0.1, 0.15) is 18.1 Å². The zero-order chi connectivity index (χ0) is 21.0. The van der Waals surface area contributed by atoms with Gasteiger partial charge in [0, 0.05) is 16.9 Å². The number of carbonyl (C=O) groups excluding carboxylic acids is 1. The monoisotopic (exact) mass is 412 g/mol. The van der Waals surface area contributed by atoms with Gasteiger partial charge in [0.25, 0.3) is 0 Å². The highest BCUT2D eigenvalue weighted by molar-refractivity contribution is 7.98. The fraction of sp³-hybridized carbons (Fsp3) is 0.286. The van der Waals surface area contributed by atoms with Gasteiger partial charge in [-0.25, -0.2) is 4.68 Å². The lowest BCUT2D eigenvalue weighted by Crippen LogP contribution is -2.16. The van der Waals surface area contributed by atoms with Gasteiger partial charge in [0.2, 0.25) is 5.16 Å². The molecule has 0 aliphatic rings. The lowest BCUT2D eigenvalue weighted by atomic mass is 10.1. The van der Waals surface area contributed by atoms with Crippen molar-refractivity contribution >= 4 is 17.5 Å². The molecule has 0 aliphatic carbocycles. The van der Waals surface area contributed by atoms with Gasteiger partial charge in [-0.2, -0.15) is 0 Å². The lowest BCUT2D eigenvalue weighted by Gasteiger charge is -2.11. The molecular formula is C21H24N4O3S. The number of ether oxygens (including phenoxy) is 2. The number of para-hydroxylation sites is 1. The van der Waals surface area contributed by atoms with E-state index in [9.17, 15) is 4.79 Å². The minimum absolute atomic E-state index is 0.00632. The van der Waals surface area contributed by atoms with E-state index in [0.29, 0.717) is 28.0 Å². The van der Waals surface area contributed by atoms with Gasteiger partial charge in [0.05, 0.1) is 7.11 Å². The van der Waals surface area contributed by atoms with Crippen molar-refractivity contribution in [1.29, 1.82) is 0 Å². The van der Waals surface area contributed by atoms with E-state index in [-0.39, 0.29) is 12.4 Å². The van der Waals surface area contributed by atoms with Crippen LogP contribution >= 0.6 is 11.8 Å². The third kappa shape index (κ3) is 4.71. The summed E-state index contributed by atoms with van der Waals surface area (Å²) in [6, 6.07) is 11.4. The first kappa shape index (κ1) is 20.7. The fourth-order valence-electron chi connectivity index (χ4n) is 2.92. The van der Waals surface area contributed by atoms with Crippen molar-refractivity contribution in [1.82, 2.24) is 14.9 Å². The summed E-state index contributed by atoms with van der Waals surface area (Å²) >= 11 is 1.42. The Morgan fingerprint density at radius 1 is 1.17 bits per heavy atom. The Balaban J connectivity index is 1.70. The molecule has 2 N–H and O–H groups in total. The summed E-state index contributed by atoms with van der Waals surface area (Å²) in [5.41, 5.74) is 3.64. The summed E-state index contributed by atoms with van der Waals surface area (Å²) in [6.07, 6.45) is 0. The van der Waals surface area contributed by atoms with Crippen molar-refractivity contribution in [2.75, 3.05) is 13.0 Å². The number of hydrogen-bond acceptors (Lipinski definition) is 7. The van der Waals surface area contributed by atoms with Crippen molar-refractivity contribution in [3.63, 3.8) is 0 Å². The maximum atomic E-state index is 11.7. The molecule has 0 unspecified atom stereocenters. The van der Waals surface area contributed by atoms with Crippen LogP contribution in [0, 0.1) is 13.8 Å². The standard InChI is InChI=1S/C21H24N4O3S/c1-13-6-5-7-14(2)20(13)28-11-19-23-24-21(25(19)22)29-12-17-10-16(15(3)26)8-9-18(17)27-4/h5-10H,11-12,22H2,1-4H3. The van der Waals surface area contributed by atoms with Gasteiger partial charge in [-0.15, -0.1) is 10.2 Å². The van der Waals surface area contributed by atoms with Gasteiger partial charge in [-0.1, -0.05) is 30.0 Å². The highest BCUT2D eigenvalue weighted by Crippen LogP contribution is 2.28. The summed E-state index contributed by atoms with van der Waals surface area (Å²) in [5.74, 6) is 8.78. The summed E-state index contributed by atoms with van der Waals surface area (Å²) in [6.45, 7) is 5.76. The first-order valence-electron chi connectivity index (χ1n) is 9.09. The van der Waals surface area contributed by atoms with E-state index in [1.54, 1.807) is 19.2 Å². The minimum Gasteiger partial charge on any atom is -0.496 e. The van der Waals surface area contributed by atoms with Crippen LogP contribution in [0.2, 0.25) is 0 Å². The second kappa shape index (κ2) is 9.00. The van der Waals surface area contributed by atoms with Crippen LogP contribution in [0.5, 0.6) is 11.5 Å². The second-order valence-electron chi connectivity index (χ2n) is 6.65. The zero-order valence-corrected chi connectivity index (χ0v) is 17.7. The summed E-state index contributed by atoms with van der Waals surface area (Å²) in [7, 11) is 1.60. The predicted octanol–water partition coefficient (Wildman–Crippen LogP) is 3.69. The molecule has 0 spiro atoms. The molecule has 0 radical (unpaired) electrons. The summed E-state index contributed by atoms with van der Waals surface area (Å²) in [4.78, 5) is 11.7. The van der Waals surface area contributed by atoms with Gasteiger partial charge in [0.15, 0.2) is 11.6 Å². The maximum Gasteiger partial charge on any atom is 0.210 e. The summed E-state index contributed by atoms with van der Waals surface area (Å²) in [5, 5.41) is 8.87. The van der Waals surface area contributed by atoms with Gasteiger partial charge < -0.3 is 15.3 Å². The Kier molecular flexibility index (Phi) is 6.43. The molecule has 2 aromatic carbocycles. The molecule has 1 aromatic heterocycles. The molecule has 3 rings (SSSR count). The molecule has 0 fully saturated rings. The Morgan fingerprint density at radius 2 is 1.90 bits per heavy atom. The molecule has 0 atom stereocenters. The first-order chi connectivity index (χ1) is 13.9. The molecule has 0 saturated heterocycles. The Morgan fingerprint density at radius 3 is 2.55 bits per heavy atom. The van der Waals surface area contributed by atoms with Crippen LogP contribution in [0.3, 0.4) is 0 Å². The van der Waals surface area contributed by atoms with E-state index in [1.165, 1.54) is 23.4 Å². The number of benzene rings is 2. The smallest absolute Gasteiger partial charge is 0.210 e. The quantitative estimate of drug-likeness (QED) is 0.343. The Bertz CT molecular complexity index is 1010. The Hall–Kier alpha value is -3.00. The number of nitrogens with zero attached hydrogens (tertiary/aromatic N) is 3. The largest absolute Gasteiger partial charge is 0.496 e. The molecule has 152 valence electrons. The van der Waals surface area contributed by atoms with E-state index < -0.39 is 0 Å². The topological polar surface area (TPSA) is 92.3 Å². The minimum atomic E-state index is 0.00632. The Labute approximate surface area is 174 Å². The molecule has 29 heavy (non-hydrogen) atoms. The number of aryl methyl sites for hydroxylation is 2. The van der Waals surface area contributed by atoms with Crippen LogP contribution in [0.4, 0.5) is 0 Å². The number of nitrogen functional groups attached to an aromatic ring is 1. The van der Waals surface area contributed by atoms with Crippen molar-refractivity contribution in [3.05, 3.63) is 64.5 Å². The molecular weight excluding hydrogens is 388 g/mol. The zero-order valence-electron chi connectivity index (χ0n) is 16.9. The number of nitrogens with two attached hydrogens (primary N) is 1. The molecule has 8 heteroatoms. The van der Waals surface area contributed by atoms with Gasteiger partial charge in [-0.05, 0) is 50.1 Å². The van der Waals surface area contributed by atoms with Crippen LogP contribution in [-0.2, 0) is 12.4 Å². The average Bonchev–Trinajstić information content (AvgIpc) is 3.05. The van der Waals surface area contributed by atoms with Crippen molar-refractivity contribution < 1.29 is 14.3 Å². The van der Waals surface area contributed by atoms with Crippen LogP contribution in [0.25, 0.3) is 0 Å². The molecule has 1 heterocycles. The third-order valence-corrected chi connectivity index (χ3v) is 5.53. The number of Topliss-reactive ketones (excluding diaryl/α,β-unsaturated/α-hetero) is 1. The van der Waals surface area contributed by atoms with Crippen molar-refractivity contribution in [3.8, 4) is 11.5 Å². The molecule has 3 aromatic rings. The van der Waals surface area contributed by atoms with Crippen molar-refractivity contribution in [2.24, 2.45) is 0 Å². The number of aromatic nitrogens is 3. The normalized spacial score (nSPS) is 10.8. The summed E-state index contributed by atoms with van der Waals surface area (Å²) < 4.78 is 12.7. The molecule has 7 nitrogen and oxygen atoms in total. The number of carbonyl (C=O) groups is 1. The van der Waals surface area contributed by atoms with E-state index in [1.807, 2.05) is 38.1 Å². The van der Waals surface area contributed by atoms with E-state index in [0.717, 1.165) is 22.4 Å². The van der Waals surface area contributed by atoms with Crippen LogP contribution in [0.15, 0.2) is 41.6 Å². The highest BCUT2D eigenvalue weighted by Gasteiger charge is 2.14. The third-order valence-electron chi connectivity index (χ3n) is 4.53. The molecule has 0 aliphatic heterocycles. The second-order valence-corrected chi connectivity index (χ2v) is 7.59. The lowest BCUT2D eigenvalue weighted by molar-refractivity contribution is 0.101. The van der Waals surface area contributed by atoms with Crippen LogP contribution < -0.4 is 15.3 Å². The SMILES string of the molecule is COc1ccc(C(C)=O)cc1CSc1nnc(COc2c(C)cccc2C)n1N. The predicted molar refractivity (Wildman–Crippen MR) is 113 cm³/mol. The van der Waals surface area contributed by atoms with Crippen LogP contribution in [0.1, 0.15) is 39.8 Å².